The van der Waals surface area contributed by atoms with Crippen molar-refractivity contribution in [2.45, 2.75) is 19.4 Å². The molecule has 4 heteroatoms. The zero-order chi connectivity index (χ0) is 11.8. The topological polar surface area (TPSA) is 39.1 Å². The number of hydrogen-bond acceptors (Lipinski definition) is 3. The molecule has 2 heterocycles. The lowest BCUT2D eigenvalue weighted by molar-refractivity contribution is 0.226. The predicted octanol–water partition coefficient (Wildman–Crippen LogP) is 1.62. The van der Waals surface area contributed by atoms with E-state index in [0.717, 1.165) is 41.9 Å². The zero-order valence-corrected chi connectivity index (χ0v) is 10.2. The minimum atomic E-state index is 0.292. The molecule has 0 radical (unpaired) electrons. The molecule has 90 valence electrons. The van der Waals surface area contributed by atoms with Crippen LogP contribution in [0.25, 0.3) is 10.9 Å². The van der Waals surface area contributed by atoms with Crippen LogP contribution in [-0.4, -0.2) is 29.0 Å². The summed E-state index contributed by atoms with van der Waals surface area (Å²) in [5.74, 6) is 0.960. The fraction of sp³-hybridized carbons (Fsp3) is 0.462. The Bertz CT molecular complexity index is 541. The number of nitrogens with zero attached hydrogens (tertiary/aromatic N) is 2. The van der Waals surface area contributed by atoms with Gasteiger partial charge in [0.1, 0.15) is 11.9 Å². The highest BCUT2D eigenvalue weighted by Crippen LogP contribution is 2.29. The van der Waals surface area contributed by atoms with Crippen molar-refractivity contribution >= 4 is 10.9 Å². The van der Waals surface area contributed by atoms with E-state index in [2.05, 4.69) is 16.5 Å². The van der Waals surface area contributed by atoms with Crippen LogP contribution < -0.4 is 10.1 Å². The quantitative estimate of drug-likeness (QED) is 0.853. The predicted molar refractivity (Wildman–Crippen MR) is 67.4 cm³/mol. The van der Waals surface area contributed by atoms with Crippen molar-refractivity contribution in [3.8, 4) is 5.75 Å². The van der Waals surface area contributed by atoms with Crippen molar-refractivity contribution in [2.24, 2.45) is 7.05 Å². The van der Waals surface area contributed by atoms with E-state index in [1.54, 1.807) is 0 Å². The van der Waals surface area contributed by atoms with Gasteiger partial charge in [0.05, 0.1) is 16.6 Å². The first-order valence-electron chi connectivity index (χ1n) is 6.05. The number of benzene rings is 1. The second kappa shape index (κ2) is 4.04. The van der Waals surface area contributed by atoms with Gasteiger partial charge in [-0.2, -0.15) is 5.10 Å². The van der Waals surface area contributed by atoms with E-state index in [1.807, 2.05) is 30.8 Å². The Morgan fingerprint density at radius 3 is 3.12 bits per heavy atom. The summed E-state index contributed by atoms with van der Waals surface area (Å²) < 4.78 is 7.97. The number of hydrogen-bond donors (Lipinski definition) is 1. The fourth-order valence-corrected chi connectivity index (χ4v) is 2.49. The Labute approximate surface area is 101 Å². The molecule has 1 aromatic heterocycles. The van der Waals surface area contributed by atoms with Crippen LogP contribution in [0.2, 0.25) is 0 Å². The molecule has 0 amide bonds. The third-order valence-electron chi connectivity index (χ3n) is 3.32. The van der Waals surface area contributed by atoms with Crippen molar-refractivity contribution in [2.75, 3.05) is 13.1 Å². The average Bonchev–Trinajstić information content (AvgIpc) is 2.90. The van der Waals surface area contributed by atoms with Crippen LogP contribution in [0.3, 0.4) is 0 Å². The maximum absolute atomic E-state index is 6.07. The summed E-state index contributed by atoms with van der Waals surface area (Å²) in [6.45, 7) is 4.02. The standard InChI is InChI=1S/C13H17N3O/c1-9-13-11(16(2)15-9)4-3-5-12(13)17-10-6-7-14-8-10/h3-5,10,14H,6-8H2,1-2H3. The second-order valence-electron chi connectivity index (χ2n) is 4.59. The molecule has 1 N–H and O–H groups in total. The van der Waals surface area contributed by atoms with E-state index in [1.165, 1.54) is 0 Å². The van der Waals surface area contributed by atoms with Crippen molar-refractivity contribution in [3.05, 3.63) is 23.9 Å². The van der Waals surface area contributed by atoms with Crippen LogP contribution in [0, 0.1) is 6.92 Å². The van der Waals surface area contributed by atoms with E-state index in [0.29, 0.717) is 6.10 Å². The molecule has 2 aromatic rings. The number of aromatic nitrogens is 2. The van der Waals surface area contributed by atoms with Crippen LogP contribution >= 0.6 is 0 Å². The normalized spacial score (nSPS) is 20.0. The molecule has 1 saturated heterocycles. The van der Waals surface area contributed by atoms with E-state index in [4.69, 9.17) is 4.74 Å². The van der Waals surface area contributed by atoms with E-state index < -0.39 is 0 Å². The first-order valence-corrected chi connectivity index (χ1v) is 6.05. The van der Waals surface area contributed by atoms with Gasteiger partial charge >= 0.3 is 0 Å². The van der Waals surface area contributed by atoms with Crippen molar-refractivity contribution < 1.29 is 4.74 Å². The highest BCUT2D eigenvalue weighted by Gasteiger charge is 2.18. The molecule has 1 fully saturated rings. The Hall–Kier alpha value is -1.55. The van der Waals surface area contributed by atoms with Gasteiger partial charge in [0.15, 0.2) is 0 Å². The minimum absolute atomic E-state index is 0.292. The molecule has 3 rings (SSSR count). The van der Waals surface area contributed by atoms with E-state index in [9.17, 15) is 0 Å². The summed E-state index contributed by atoms with van der Waals surface area (Å²) in [6.07, 6.45) is 1.37. The summed E-state index contributed by atoms with van der Waals surface area (Å²) in [5, 5.41) is 8.90. The highest BCUT2D eigenvalue weighted by atomic mass is 16.5. The molecular formula is C13H17N3O. The van der Waals surface area contributed by atoms with Crippen LogP contribution in [0.1, 0.15) is 12.1 Å². The average molecular weight is 231 g/mol. The SMILES string of the molecule is Cc1nn(C)c2cccc(OC3CCNC3)c12. The van der Waals surface area contributed by atoms with Gasteiger partial charge in [-0.15, -0.1) is 0 Å². The second-order valence-corrected chi connectivity index (χ2v) is 4.59. The van der Waals surface area contributed by atoms with Crippen molar-refractivity contribution in [1.29, 1.82) is 0 Å². The third-order valence-corrected chi connectivity index (χ3v) is 3.32. The lowest BCUT2D eigenvalue weighted by Crippen LogP contribution is -2.19. The maximum atomic E-state index is 6.07. The van der Waals surface area contributed by atoms with Crippen molar-refractivity contribution in [1.82, 2.24) is 15.1 Å². The van der Waals surface area contributed by atoms with Crippen LogP contribution in [0.4, 0.5) is 0 Å². The Kier molecular flexibility index (Phi) is 2.52. The fourth-order valence-electron chi connectivity index (χ4n) is 2.49. The summed E-state index contributed by atoms with van der Waals surface area (Å²) in [6, 6.07) is 6.14. The molecule has 1 aliphatic heterocycles. The monoisotopic (exact) mass is 231 g/mol. The largest absolute Gasteiger partial charge is 0.488 e. The smallest absolute Gasteiger partial charge is 0.131 e. The van der Waals surface area contributed by atoms with Crippen LogP contribution in [0.5, 0.6) is 5.75 Å². The van der Waals surface area contributed by atoms with Crippen LogP contribution in [0.15, 0.2) is 18.2 Å². The van der Waals surface area contributed by atoms with Gasteiger partial charge in [-0.25, -0.2) is 0 Å². The molecule has 1 atom stereocenters. The molecule has 4 nitrogen and oxygen atoms in total. The zero-order valence-electron chi connectivity index (χ0n) is 10.2. The molecule has 0 spiro atoms. The van der Waals surface area contributed by atoms with E-state index in [-0.39, 0.29) is 0 Å². The molecule has 0 saturated carbocycles. The summed E-state index contributed by atoms with van der Waals surface area (Å²) >= 11 is 0. The van der Waals surface area contributed by atoms with Gasteiger partial charge in [-0.05, 0) is 32.0 Å². The van der Waals surface area contributed by atoms with Gasteiger partial charge < -0.3 is 10.1 Å². The first-order chi connectivity index (χ1) is 8.25. The Morgan fingerprint density at radius 1 is 1.47 bits per heavy atom. The first kappa shape index (κ1) is 10.6. The molecule has 1 aliphatic rings. The number of rotatable bonds is 2. The molecule has 0 bridgehead atoms. The molecule has 17 heavy (non-hydrogen) atoms. The number of fused-ring (bicyclic) bond motifs is 1. The maximum Gasteiger partial charge on any atom is 0.131 e. The van der Waals surface area contributed by atoms with Gasteiger partial charge in [0.25, 0.3) is 0 Å². The molecule has 1 unspecified atom stereocenters. The summed E-state index contributed by atoms with van der Waals surface area (Å²) in [5.41, 5.74) is 2.16. The van der Waals surface area contributed by atoms with Gasteiger partial charge in [0, 0.05) is 13.6 Å². The molecule has 0 aliphatic carbocycles. The summed E-state index contributed by atoms with van der Waals surface area (Å²) in [7, 11) is 1.97. The summed E-state index contributed by atoms with van der Waals surface area (Å²) in [4.78, 5) is 0. The molecular weight excluding hydrogens is 214 g/mol. The number of nitrogens with one attached hydrogen (secondary N) is 1. The van der Waals surface area contributed by atoms with Crippen molar-refractivity contribution in [3.63, 3.8) is 0 Å². The van der Waals surface area contributed by atoms with Gasteiger partial charge in [0.2, 0.25) is 0 Å². The van der Waals surface area contributed by atoms with E-state index >= 15 is 0 Å². The lowest BCUT2D eigenvalue weighted by atomic mass is 10.2. The minimum Gasteiger partial charge on any atom is -0.488 e. The number of ether oxygens (including phenoxy) is 1. The van der Waals surface area contributed by atoms with Gasteiger partial charge in [-0.3, -0.25) is 4.68 Å². The van der Waals surface area contributed by atoms with Gasteiger partial charge in [-0.1, -0.05) is 6.07 Å². The highest BCUT2D eigenvalue weighted by molar-refractivity contribution is 5.88. The Balaban J connectivity index is 2.03. The third kappa shape index (κ3) is 1.78. The lowest BCUT2D eigenvalue weighted by Gasteiger charge is -2.13. The van der Waals surface area contributed by atoms with Crippen LogP contribution in [-0.2, 0) is 7.05 Å². The molecule has 1 aromatic carbocycles. The Morgan fingerprint density at radius 2 is 2.35 bits per heavy atom. The number of aryl methyl sites for hydroxylation is 2.